The molecule has 0 aliphatic rings. The highest BCUT2D eigenvalue weighted by atomic mass is 32.2. The summed E-state index contributed by atoms with van der Waals surface area (Å²) in [6.45, 7) is 3.34. The lowest BCUT2D eigenvalue weighted by Gasteiger charge is -2.06. The van der Waals surface area contributed by atoms with Crippen LogP contribution in [0.3, 0.4) is 0 Å². The molecule has 1 N–H and O–H groups in total. The number of hydrogen-bond acceptors (Lipinski definition) is 5. The molecule has 1 aromatic carbocycles. The standard InChI is InChI=1S/C17H18FNO4S/c1-10-4-5-12(6-15(10)18)19-16(20)9-24-8-13-7-14(11(2)23-13)17(21)22-3/h4-7H,8-9H2,1-3H3,(H,19,20). The lowest BCUT2D eigenvalue weighted by Crippen LogP contribution is -2.14. The Kier molecular flexibility index (Phi) is 6.03. The van der Waals surface area contributed by atoms with Crippen LogP contribution in [-0.4, -0.2) is 24.7 Å². The average Bonchev–Trinajstić information content (AvgIpc) is 2.91. The van der Waals surface area contributed by atoms with Crippen LogP contribution in [0.25, 0.3) is 0 Å². The number of carbonyl (C=O) groups is 2. The highest BCUT2D eigenvalue weighted by Crippen LogP contribution is 2.20. The maximum absolute atomic E-state index is 13.4. The summed E-state index contributed by atoms with van der Waals surface area (Å²) in [5.41, 5.74) is 1.33. The van der Waals surface area contributed by atoms with Gasteiger partial charge in [-0.25, -0.2) is 9.18 Å². The Bertz CT molecular complexity index is 757. The number of rotatable bonds is 6. The summed E-state index contributed by atoms with van der Waals surface area (Å²) in [6.07, 6.45) is 0. The zero-order valence-electron chi connectivity index (χ0n) is 13.6. The van der Waals surface area contributed by atoms with Crippen LogP contribution in [0.1, 0.15) is 27.4 Å². The van der Waals surface area contributed by atoms with Crippen LogP contribution in [0.2, 0.25) is 0 Å². The van der Waals surface area contributed by atoms with E-state index in [0.717, 1.165) is 0 Å². The molecule has 0 bridgehead atoms. The van der Waals surface area contributed by atoms with Crippen LogP contribution in [0, 0.1) is 19.7 Å². The van der Waals surface area contributed by atoms with Gasteiger partial charge in [0.05, 0.1) is 18.6 Å². The Balaban J connectivity index is 1.84. The van der Waals surface area contributed by atoms with Gasteiger partial charge in [0.1, 0.15) is 22.9 Å². The third-order valence-corrected chi connectivity index (χ3v) is 4.26. The molecule has 2 rings (SSSR count). The van der Waals surface area contributed by atoms with Crippen molar-refractivity contribution < 1.29 is 23.1 Å². The van der Waals surface area contributed by atoms with E-state index in [2.05, 4.69) is 10.1 Å². The molecule has 0 aliphatic carbocycles. The van der Waals surface area contributed by atoms with E-state index < -0.39 is 5.97 Å². The second-order valence-corrected chi connectivity index (χ2v) is 6.16. The number of methoxy groups -OCH3 is 1. The van der Waals surface area contributed by atoms with Gasteiger partial charge in [-0.15, -0.1) is 11.8 Å². The van der Waals surface area contributed by atoms with Crippen molar-refractivity contribution in [1.29, 1.82) is 0 Å². The second-order valence-electron chi connectivity index (χ2n) is 5.18. The van der Waals surface area contributed by atoms with Crippen LogP contribution in [0.4, 0.5) is 10.1 Å². The predicted molar refractivity (Wildman–Crippen MR) is 90.7 cm³/mol. The quantitative estimate of drug-likeness (QED) is 0.804. The van der Waals surface area contributed by atoms with Crippen molar-refractivity contribution >= 4 is 29.3 Å². The molecule has 1 heterocycles. The van der Waals surface area contributed by atoms with Crippen molar-refractivity contribution in [3.8, 4) is 0 Å². The van der Waals surface area contributed by atoms with Crippen molar-refractivity contribution in [3.63, 3.8) is 0 Å². The Morgan fingerprint density at radius 2 is 2.04 bits per heavy atom. The van der Waals surface area contributed by atoms with Crippen molar-refractivity contribution in [2.24, 2.45) is 0 Å². The van der Waals surface area contributed by atoms with E-state index in [1.165, 1.54) is 24.9 Å². The zero-order chi connectivity index (χ0) is 17.7. The summed E-state index contributed by atoms with van der Waals surface area (Å²) in [4.78, 5) is 23.4. The summed E-state index contributed by atoms with van der Waals surface area (Å²) in [6, 6.07) is 6.16. The van der Waals surface area contributed by atoms with Gasteiger partial charge in [-0.2, -0.15) is 0 Å². The van der Waals surface area contributed by atoms with Gasteiger partial charge in [0.25, 0.3) is 0 Å². The molecule has 0 saturated carbocycles. The molecule has 0 unspecified atom stereocenters. The van der Waals surface area contributed by atoms with Gasteiger partial charge in [0.15, 0.2) is 0 Å². The molecular weight excluding hydrogens is 333 g/mol. The minimum Gasteiger partial charge on any atom is -0.465 e. The van der Waals surface area contributed by atoms with Crippen LogP contribution in [0.5, 0.6) is 0 Å². The topological polar surface area (TPSA) is 68.5 Å². The highest BCUT2D eigenvalue weighted by Gasteiger charge is 2.15. The zero-order valence-corrected chi connectivity index (χ0v) is 14.5. The summed E-state index contributed by atoms with van der Waals surface area (Å²) < 4.78 is 23.6. The molecule has 1 aromatic heterocycles. The van der Waals surface area contributed by atoms with Gasteiger partial charge in [-0.1, -0.05) is 6.07 Å². The van der Waals surface area contributed by atoms with Crippen molar-refractivity contribution in [2.45, 2.75) is 19.6 Å². The number of thioether (sulfide) groups is 1. The highest BCUT2D eigenvalue weighted by molar-refractivity contribution is 7.99. The first-order valence-corrected chi connectivity index (χ1v) is 8.37. The molecule has 128 valence electrons. The average molecular weight is 351 g/mol. The third kappa shape index (κ3) is 4.61. The maximum Gasteiger partial charge on any atom is 0.341 e. The summed E-state index contributed by atoms with van der Waals surface area (Å²) in [5, 5.41) is 2.64. The number of amides is 1. The molecule has 1 amide bonds. The van der Waals surface area contributed by atoms with E-state index >= 15 is 0 Å². The molecule has 0 radical (unpaired) electrons. The Morgan fingerprint density at radius 3 is 2.71 bits per heavy atom. The molecule has 24 heavy (non-hydrogen) atoms. The molecule has 0 aliphatic heterocycles. The fourth-order valence-corrected chi connectivity index (χ4v) is 2.74. The van der Waals surface area contributed by atoms with E-state index in [9.17, 15) is 14.0 Å². The van der Waals surface area contributed by atoms with Crippen LogP contribution in [-0.2, 0) is 15.3 Å². The Hall–Kier alpha value is -2.28. The van der Waals surface area contributed by atoms with Crippen molar-refractivity contribution in [3.05, 3.63) is 52.7 Å². The van der Waals surface area contributed by atoms with Crippen molar-refractivity contribution in [2.75, 3.05) is 18.2 Å². The molecule has 0 atom stereocenters. The number of anilines is 1. The molecule has 0 fully saturated rings. The summed E-state index contributed by atoms with van der Waals surface area (Å²) in [7, 11) is 1.31. The predicted octanol–water partition coefficient (Wildman–Crippen LogP) is 3.69. The lowest BCUT2D eigenvalue weighted by atomic mass is 10.2. The minimum absolute atomic E-state index is 0.183. The molecule has 0 spiro atoms. The SMILES string of the molecule is COC(=O)c1cc(CSCC(=O)Nc2ccc(C)c(F)c2)oc1C. The first-order chi connectivity index (χ1) is 11.4. The molecule has 2 aromatic rings. The van der Waals surface area contributed by atoms with E-state index in [0.29, 0.717) is 34.1 Å². The summed E-state index contributed by atoms with van der Waals surface area (Å²) in [5.74, 6) is 0.647. The van der Waals surface area contributed by atoms with Gasteiger partial charge in [-0.05, 0) is 37.6 Å². The van der Waals surface area contributed by atoms with E-state index in [4.69, 9.17) is 4.42 Å². The number of ether oxygens (including phenoxy) is 1. The number of furan rings is 1. The smallest absolute Gasteiger partial charge is 0.341 e. The van der Waals surface area contributed by atoms with Gasteiger partial charge >= 0.3 is 5.97 Å². The molecular formula is C17H18FNO4S. The lowest BCUT2D eigenvalue weighted by molar-refractivity contribution is -0.113. The third-order valence-electron chi connectivity index (χ3n) is 3.31. The largest absolute Gasteiger partial charge is 0.465 e. The fourth-order valence-electron chi connectivity index (χ4n) is 2.04. The minimum atomic E-state index is -0.452. The number of nitrogens with one attached hydrogen (secondary N) is 1. The van der Waals surface area contributed by atoms with Gasteiger partial charge in [0, 0.05) is 5.69 Å². The first-order valence-electron chi connectivity index (χ1n) is 7.22. The van der Waals surface area contributed by atoms with E-state index in [1.54, 1.807) is 32.0 Å². The van der Waals surface area contributed by atoms with Crippen LogP contribution < -0.4 is 5.32 Å². The normalized spacial score (nSPS) is 10.5. The van der Waals surface area contributed by atoms with E-state index in [1.807, 2.05) is 0 Å². The number of halogens is 1. The molecule has 0 saturated heterocycles. The van der Waals surface area contributed by atoms with E-state index in [-0.39, 0.29) is 17.5 Å². The molecule has 7 heteroatoms. The molecule has 5 nitrogen and oxygen atoms in total. The second kappa shape index (κ2) is 8.01. The number of benzene rings is 1. The first kappa shape index (κ1) is 18.1. The van der Waals surface area contributed by atoms with Crippen LogP contribution in [0.15, 0.2) is 28.7 Å². The van der Waals surface area contributed by atoms with Crippen molar-refractivity contribution in [1.82, 2.24) is 0 Å². The Labute approximate surface area is 143 Å². The summed E-state index contributed by atoms with van der Waals surface area (Å²) >= 11 is 1.33. The van der Waals surface area contributed by atoms with Crippen LogP contribution >= 0.6 is 11.8 Å². The fraction of sp³-hybridized carbons (Fsp3) is 0.294. The van der Waals surface area contributed by atoms with Gasteiger partial charge in [0.2, 0.25) is 5.91 Å². The number of hydrogen-bond donors (Lipinski definition) is 1. The number of carbonyl (C=O) groups excluding carboxylic acids is 2. The number of aryl methyl sites for hydroxylation is 2. The monoisotopic (exact) mass is 351 g/mol. The number of esters is 1. The maximum atomic E-state index is 13.4. The van der Waals surface area contributed by atoms with Gasteiger partial charge < -0.3 is 14.5 Å². The Morgan fingerprint density at radius 1 is 1.29 bits per heavy atom. The van der Waals surface area contributed by atoms with Gasteiger partial charge in [-0.3, -0.25) is 4.79 Å².